The fraction of sp³-hybridized carbons (Fsp3) is 0.0667. The summed E-state index contributed by atoms with van der Waals surface area (Å²) in [5, 5.41) is 2.55. The minimum Gasteiger partial charge on any atom is -0.355 e. The number of allylic oxidation sites excluding steroid dienone is 2. The van der Waals surface area contributed by atoms with Gasteiger partial charge in [0.1, 0.15) is 0 Å². The fourth-order valence-electron chi connectivity index (χ4n) is 5.43. The van der Waals surface area contributed by atoms with Gasteiger partial charge in [-0.1, -0.05) is 78.9 Å². The zero-order valence-electron chi connectivity index (χ0n) is 17.6. The van der Waals surface area contributed by atoms with Gasteiger partial charge < -0.3 is 9.88 Å². The molecule has 2 atom stereocenters. The van der Waals surface area contributed by atoms with Gasteiger partial charge in [-0.2, -0.15) is 0 Å². The highest BCUT2D eigenvalue weighted by Crippen LogP contribution is 2.47. The molecule has 1 N–H and O–H groups in total. The number of H-pyrrole nitrogens is 1. The molecule has 7 rings (SSSR count). The average Bonchev–Trinajstić information content (AvgIpc) is 3.40. The van der Waals surface area contributed by atoms with Gasteiger partial charge in [0.05, 0.1) is 6.04 Å². The molecule has 32 heavy (non-hydrogen) atoms. The van der Waals surface area contributed by atoms with Crippen LogP contribution in [0.4, 0.5) is 11.4 Å². The number of fused-ring (bicyclic) bond motifs is 6. The lowest BCUT2D eigenvalue weighted by Crippen LogP contribution is -2.28. The van der Waals surface area contributed by atoms with Crippen molar-refractivity contribution in [3.8, 4) is 11.1 Å². The van der Waals surface area contributed by atoms with Crippen LogP contribution in [0, 0.1) is 0 Å². The van der Waals surface area contributed by atoms with Gasteiger partial charge in [0.2, 0.25) is 0 Å². The molecule has 2 heterocycles. The summed E-state index contributed by atoms with van der Waals surface area (Å²) < 4.78 is 0. The number of nitrogens with one attached hydrogen (secondary N) is 1. The topological polar surface area (TPSA) is 19.0 Å². The third-order valence-corrected chi connectivity index (χ3v) is 6.94. The van der Waals surface area contributed by atoms with Crippen LogP contribution in [0.1, 0.15) is 11.5 Å². The number of aromatic nitrogens is 1. The minimum atomic E-state index is 0.339. The first kappa shape index (κ1) is 17.6. The van der Waals surface area contributed by atoms with Crippen LogP contribution in [-0.2, 0) is 0 Å². The van der Waals surface area contributed by atoms with E-state index in [4.69, 9.17) is 0 Å². The molecule has 2 heteroatoms. The first-order valence-corrected chi connectivity index (χ1v) is 11.2. The second-order valence-electron chi connectivity index (χ2n) is 8.69. The Labute approximate surface area is 187 Å². The van der Waals surface area contributed by atoms with Crippen LogP contribution in [-0.4, -0.2) is 11.0 Å². The van der Waals surface area contributed by atoms with E-state index in [1.165, 1.54) is 49.9 Å². The number of aromatic amines is 1. The lowest BCUT2D eigenvalue weighted by atomic mass is 9.91. The van der Waals surface area contributed by atoms with Gasteiger partial charge in [-0.3, -0.25) is 0 Å². The molecule has 0 bridgehead atoms. The third kappa shape index (κ3) is 2.53. The standard InChI is InChI=1S/C30H22N2/c1-4-10-27-23(7-1)26-19-21(15-18-28(26)31-27)20-13-16-22(17-14-20)32-29-11-5-2-8-24(29)25-9-3-6-12-30(25)32/h1-19,24,29,31H. The monoisotopic (exact) mass is 410 g/mol. The van der Waals surface area contributed by atoms with Gasteiger partial charge >= 0.3 is 0 Å². The van der Waals surface area contributed by atoms with E-state index in [1.54, 1.807) is 0 Å². The Hall–Kier alpha value is -4.04. The number of para-hydroxylation sites is 2. The molecule has 2 nitrogen and oxygen atoms in total. The first-order valence-electron chi connectivity index (χ1n) is 11.2. The van der Waals surface area contributed by atoms with Crippen LogP contribution in [0.15, 0.2) is 115 Å². The minimum absolute atomic E-state index is 0.339. The second-order valence-corrected chi connectivity index (χ2v) is 8.69. The lowest BCUT2D eigenvalue weighted by molar-refractivity contribution is 0.745. The summed E-state index contributed by atoms with van der Waals surface area (Å²) in [6.07, 6.45) is 8.99. The van der Waals surface area contributed by atoms with Crippen LogP contribution in [0.5, 0.6) is 0 Å². The number of benzene rings is 4. The predicted molar refractivity (Wildman–Crippen MR) is 135 cm³/mol. The molecule has 0 amide bonds. The van der Waals surface area contributed by atoms with Gasteiger partial charge in [0.25, 0.3) is 0 Å². The molecule has 1 aliphatic heterocycles. The first-order chi connectivity index (χ1) is 15.9. The molecule has 152 valence electrons. The summed E-state index contributed by atoms with van der Waals surface area (Å²) in [5.74, 6) is 0.417. The van der Waals surface area contributed by atoms with Crippen LogP contribution in [0.2, 0.25) is 0 Å². The zero-order valence-corrected chi connectivity index (χ0v) is 17.6. The summed E-state index contributed by atoms with van der Waals surface area (Å²) in [6.45, 7) is 0. The van der Waals surface area contributed by atoms with Crippen LogP contribution >= 0.6 is 0 Å². The van der Waals surface area contributed by atoms with Crippen molar-refractivity contribution in [1.82, 2.24) is 4.98 Å². The molecule has 1 aliphatic carbocycles. The van der Waals surface area contributed by atoms with Crippen LogP contribution in [0.25, 0.3) is 32.9 Å². The number of rotatable bonds is 2. The van der Waals surface area contributed by atoms with Gasteiger partial charge in [-0.15, -0.1) is 0 Å². The number of nitrogens with zero attached hydrogens (tertiary/aromatic N) is 1. The Kier molecular flexibility index (Phi) is 3.71. The highest BCUT2D eigenvalue weighted by atomic mass is 15.2. The maximum atomic E-state index is 3.52. The van der Waals surface area contributed by atoms with Gasteiger partial charge in [0, 0.05) is 39.1 Å². The van der Waals surface area contributed by atoms with E-state index in [9.17, 15) is 0 Å². The summed E-state index contributed by atoms with van der Waals surface area (Å²) in [5.41, 5.74) is 8.81. The molecular formula is C30H22N2. The normalized spacial score (nSPS) is 18.9. The Balaban J connectivity index is 1.29. The average molecular weight is 411 g/mol. The van der Waals surface area contributed by atoms with Crippen LogP contribution < -0.4 is 4.90 Å². The SMILES string of the molecule is C1=CC2c3ccccc3N(c3ccc(-c4ccc5[nH]c6ccccc6c5c4)cc3)C2C=C1. The number of hydrogen-bond acceptors (Lipinski definition) is 1. The Morgan fingerprint density at radius 1 is 0.625 bits per heavy atom. The van der Waals surface area contributed by atoms with E-state index >= 15 is 0 Å². The highest BCUT2D eigenvalue weighted by Gasteiger charge is 2.36. The second kappa shape index (κ2) is 6.73. The van der Waals surface area contributed by atoms with Crippen molar-refractivity contribution in [2.45, 2.75) is 12.0 Å². The van der Waals surface area contributed by atoms with Crippen molar-refractivity contribution in [3.05, 3.63) is 121 Å². The van der Waals surface area contributed by atoms with E-state index in [1.807, 2.05) is 0 Å². The molecule has 0 radical (unpaired) electrons. The summed E-state index contributed by atoms with van der Waals surface area (Å²) >= 11 is 0. The predicted octanol–water partition coefficient (Wildman–Crippen LogP) is 7.72. The Morgan fingerprint density at radius 3 is 2.31 bits per heavy atom. The zero-order chi connectivity index (χ0) is 21.1. The smallest absolute Gasteiger partial charge is 0.0629 e. The van der Waals surface area contributed by atoms with Gasteiger partial charge in [-0.25, -0.2) is 0 Å². The molecule has 5 aromatic rings. The molecule has 2 aliphatic rings. The van der Waals surface area contributed by atoms with E-state index in [-0.39, 0.29) is 0 Å². The molecule has 0 saturated heterocycles. The maximum absolute atomic E-state index is 3.52. The van der Waals surface area contributed by atoms with E-state index < -0.39 is 0 Å². The molecule has 0 spiro atoms. The van der Waals surface area contributed by atoms with Gasteiger partial charge in [-0.05, 0) is 53.1 Å². The van der Waals surface area contributed by atoms with Crippen LogP contribution in [0.3, 0.4) is 0 Å². The van der Waals surface area contributed by atoms with Crippen molar-refractivity contribution in [2.24, 2.45) is 0 Å². The van der Waals surface area contributed by atoms with E-state index in [2.05, 4.69) is 125 Å². The number of anilines is 2. The highest BCUT2D eigenvalue weighted by molar-refractivity contribution is 6.08. The summed E-state index contributed by atoms with van der Waals surface area (Å²) in [4.78, 5) is 6.00. The Bertz CT molecular complexity index is 1530. The van der Waals surface area contributed by atoms with Crippen molar-refractivity contribution >= 4 is 33.2 Å². The van der Waals surface area contributed by atoms with E-state index in [0.717, 1.165) is 0 Å². The lowest BCUT2D eigenvalue weighted by Gasteiger charge is -2.28. The Morgan fingerprint density at radius 2 is 1.38 bits per heavy atom. The number of hydrogen-bond donors (Lipinski definition) is 1. The quantitative estimate of drug-likeness (QED) is 0.316. The molecule has 2 unspecified atom stereocenters. The van der Waals surface area contributed by atoms with Crippen molar-refractivity contribution < 1.29 is 0 Å². The van der Waals surface area contributed by atoms with Crippen molar-refractivity contribution in [2.75, 3.05) is 4.90 Å². The maximum Gasteiger partial charge on any atom is 0.0629 e. The summed E-state index contributed by atoms with van der Waals surface area (Å²) in [7, 11) is 0. The van der Waals surface area contributed by atoms with Crippen molar-refractivity contribution in [1.29, 1.82) is 0 Å². The molecule has 4 aromatic carbocycles. The molecular weight excluding hydrogens is 388 g/mol. The molecule has 1 aromatic heterocycles. The molecule has 0 saturated carbocycles. The van der Waals surface area contributed by atoms with Gasteiger partial charge in [0.15, 0.2) is 0 Å². The largest absolute Gasteiger partial charge is 0.355 e. The third-order valence-electron chi connectivity index (χ3n) is 6.94. The molecule has 0 fully saturated rings. The van der Waals surface area contributed by atoms with Crippen molar-refractivity contribution in [3.63, 3.8) is 0 Å². The summed E-state index contributed by atoms with van der Waals surface area (Å²) in [6, 6.07) is 33.4. The fourth-order valence-corrected chi connectivity index (χ4v) is 5.43. The van der Waals surface area contributed by atoms with E-state index in [0.29, 0.717) is 12.0 Å².